The van der Waals surface area contributed by atoms with Crippen molar-refractivity contribution in [2.24, 2.45) is 0 Å². The van der Waals surface area contributed by atoms with Gasteiger partial charge in [-0.3, -0.25) is 0 Å². The standard InChI is InChI=1S/C11H10Br.Li/c12-8-10-6-3-5-9-4-1-2-7-11(9)10;/h1-2,4,7H,3,5-6H2;/q-1;+1. The minimum absolute atomic E-state index is 0. The summed E-state index contributed by atoms with van der Waals surface area (Å²) in [6.07, 6.45) is 3.63. The van der Waals surface area contributed by atoms with Crippen LogP contribution in [-0.4, -0.2) is 0 Å². The molecular weight excluding hydrogens is 219 g/mol. The van der Waals surface area contributed by atoms with Crippen molar-refractivity contribution in [1.29, 1.82) is 0 Å². The molecule has 0 fully saturated rings. The Morgan fingerprint density at radius 2 is 1.92 bits per heavy atom. The molecule has 2 heteroatoms. The maximum Gasteiger partial charge on any atom is 1.00 e. The second-order valence-electron chi connectivity index (χ2n) is 3.08. The normalized spacial score (nSPS) is 17.8. The zero-order chi connectivity index (χ0) is 8.39. The van der Waals surface area contributed by atoms with E-state index in [1.807, 2.05) is 0 Å². The van der Waals surface area contributed by atoms with E-state index in [0.717, 1.165) is 6.42 Å². The molecule has 62 valence electrons. The van der Waals surface area contributed by atoms with Gasteiger partial charge in [0.25, 0.3) is 0 Å². The van der Waals surface area contributed by atoms with Gasteiger partial charge in [0, 0.05) is 0 Å². The first-order valence-corrected chi connectivity index (χ1v) is 5.02. The van der Waals surface area contributed by atoms with Crippen LogP contribution >= 0.6 is 15.9 Å². The largest absolute Gasteiger partial charge is 1.00 e. The third kappa shape index (κ3) is 2.29. The summed E-state index contributed by atoms with van der Waals surface area (Å²) in [6.45, 7) is 0. The van der Waals surface area contributed by atoms with Crippen LogP contribution in [0.25, 0.3) is 5.57 Å². The van der Waals surface area contributed by atoms with Crippen LogP contribution in [0.1, 0.15) is 24.0 Å². The molecule has 0 amide bonds. The summed E-state index contributed by atoms with van der Waals surface area (Å²) in [5, 5.41) is 0. The van der Waals surface area contributed by atoms with E-state index in [9.17, 15) is 0 Å². The molecule has 13 heavy (non-hydrogen) atoms. The van der Waals surface area contributed by atoms with E-state index in [0.29, 0.717) is 0 Å². The van der Waals surface area contributed by atoms with E-state index in [1.165, 1.54) is 29.5 Å². The van der Waals surface area contributed by atoms with Crippen molar-refractivity contribution >= 4 is 21.5 Å². The molecule has 0 unspecified atom stereocenters. The Hall–Kier alpha value is 0.0374. The molecule has 0 nitrogen and oxygen atoms in total. The van der Waals surface area contributed by atoms with E-state index in [-0.39, 0.29) is 18.9 Å². The van der Waals surface area contributed by atoms with E-state index < -0.39 is 0 Å². The molecule has 0 heterocycles. The average molecular weight is 229 g/mol. The fourth-order valence-electron chi connectivity index (χ4n) is 1.72. The van der Waals surface area contributed by atoms with Gasteiger partial charge in [0.15, 0.2) is 0 Å². The van der Waals surface area contributed by atoms with Crippen molar-refractivity contribution in [1.82, 2.24) is 0 Å². The number of hydrogen-bond donors (Lipinski definition) is 0. The number of halogens is 1. The van der Waals surface area contributed by atoms with E-state index in [1.54, 1.807) is 0 Å². The van der Waals surface area contributed by atoms with Gasteiger partial charge in [0.05, 0.1) is 0 Å². The molecular formula is C11H10BrLi. The Balaban J connectivity index is 0.000000845. The fourth-order valence-corrected chi connectivity index (χ4v) is 2.13. The van der Waals surface area contributed by atoms with Crippen LogP contribution in [0, 0.1) is 4.99 Å². The molecule has 0 saturated carbocycles. The minimum atomic E-state index is 0. The quantitative estimate of drug-likeness (QED) is 0.450. The van der Waals surface area contributed by atoms with Crippen molar-refractivity contribution in [3.8, 4) is 0 Å². The van der Waals surface area contributed by atoms with E-state index >= 15 is 0 Å². The number of allylic oxidation sites excluding steroid dienone is 1. The van der Waals surface area contributed by atoms with Gasteiger partial charge in [-0.15, -0.1) is 11.6 Å². The second-order valence-corrected chi connectivity index (χ2v) is 3.48. The number of aryl methyl sites for hydroxylation is 1. The first-order chi connectivity index (χ1) is 5.92. The first-order valence-electron chi connectivity index (χ1n) is 4.22. The molecule has 0 saturated heterocycles. The molecule has 0 atom stereocenters. The van der Waals surface area contributed by atoms with Gasteiger partial charge < -0.3 is 0 Å². The van der Waals surface area contributed by atoms with E-state index in [2.05, 4.69) is 45.2 Å². The maximum absolute atomic E-state index is 3.29. The van der Waals surface area contributed by atoms with Crippen molar-refractivity contribution in [3.05, 3.63) is 40.4 Å². The van der Waals surface area contributed by atoms with Crippen LogP contribution < -0.4 is 18.9 Å². The molecule has 0 spiro atoms. The molecule has 0 aliphatic heterocycles. The third-order valence-electron chi connectivity index (χ3n) is 2.33. The molecule has 1 aromatic carbocycles. The first kappa shape index (κ1) is 11.1. The van der Waals surface area contributed by atoms with Crippen LogP contribution in [-0.2, 0) is 6.42 Å². The molecule has 1 aliphatic rings. The van der Waals surface area contributed by atoms with Gasteiger partial charge >= 0.3 is 18.9 Å². The van der Waals surface area contributed by atoms with Crippen LogP contribution in [0.15, 0.2) is 24.3 Å². The fraction of sp³-hybridized carbons (Fsp3) is 0.273. The summed E-state index contributed by atoms with van der Waals surface area (Å²) in [5.41, 5.74) is 4.16. The van der Waals surface area contributed by atoms with Gasteiger partial charge in [0.1, 0.15) is 0 Å². The van der Waals surface area contributed by atoms with E-state index in [4.69, 9.17) is 0 Å². The zero-order valence-electron chi connectivity index (χ0n) is 7.81. The van der Waals surface area contributed by atoms with Crippen molar-refractivity contribution in [2.45, 2.75) is 19.3 Å². The molecule has 2 rings (SSSR count). The monoisotopic (exact) mass is 228 g/mol. The van der Waals surface area contributed by atoms with Crippen LogP contribution in [0.4, 0.5) is 0 Å². The topological polar surface area (TPSA) is 0 Å². The van der Waals surface area contributed by atoms with Crippen molar-refractivity contribution in [2.75, 3.05) is 0 Å². The van der Waals surface area contributed by atoms with Crippen molar-refractivity contribution < 1.29 is 18.9 Å². The van der Waals surface area contributed by atoms with Gasteiger partial charge in [-0.2, -0.15) is 26.5 Å². The zero-order valence-corrected chi connectivity index (χ0v) is 9.39. The second kappa shape index (κ2) is 5.05. The van der Waals surface area contributed by atoms with Crippen LogP contribution in [0.5, 0.6) is 0 Å². The Morgan fingerprint density at radius 1 is 1.15 bits per heavy atom. The Bertz CT molecular complexity index is 318. The Kier molecular flexibility index (Phi) is 4.32. The Labute approximate surface area is 99.7 Å². The van der Waals surface area contributed by atoms with Crippen LogP contribution in [0.3, 0.4) is 0 Å². The third-order valence-corrected chi connectivity index (χ3v) is 2.81. The summed E-state index contributed by atoms with van der Waals surface area (Å²) in [4.78, 5) is 3.09. The van der Waals surface area contributed by atoms with Gasteiger partial charge in [-0.05, 0) is 12.8 Å². The summed E-state index contributed by atoms with van der Waals surface area (Å²) in [6, 6.07) is 8.58. The summed E-state index contributed by atoms with van der Waals surface area (Å²) >= 11 is 3.29. The molecule has 0 N–H and O–H groups in total. The SMILES string of the molecule is Br[C-]=C1CCCc2ccccc21.[Li+]. The molecule has 0 aromatic heterocycles. The van der Waals surface area contributed by atoms with Crippen molar-refractivity contribution in [3.63, 3.8) is 0 Å². The summed E-state index contributed by atoms with van der Waals surface area (Å²) in [5.74, 6) is 0. The van der Waals surface area contributed by atoms with Gasteiger partial charge in [-0.1, -0.05) is 24.6 Å². The smallest absolute Gasteiger partial charge is 0.205 e. The summed E-state index contributed by atoms with van der Waals surface area (Å²) in [7, 11) is 0. The molecule has 0 radical (unpaired) electrons. The van der Waals surface area contributed by atoms with Crippen LogP contribution in [0.2, 0.25) is 0 Å². The Morgan fingerprint density at radius 3 is 2.69 bits per heavy atom. The maximum atomic E-state index is 3.29. The number of hydrogen-bond acceptors (Lipinski definition) is 0. The predicted molar refractivity (Wildman–Crippen MR) is 55.0 cm³/mol. The number of rotatable bonds is 0. The van der Waals surface area contributed by atoms with Gasteiger partial charge in [0.2, 0.25) is 0 Å². The number of benzene rings is 1. The minimum Gasteiger partial charge on any atom is -0.205 e. The molecule has 0 bridgehead atoms. The molecule has 1 aromatic rings. The number of fused-ring (bicyclic) bond motifs is 1. The molecule has 1 aliphatic carbocycles. The average Bonchev–Trinajstić information content (AvgIpc) is 2.17. The predicted octanol–water partition coefficient (Wildman–Crippen LogP) is 0.566. The van der Waals surface area contributed by atoms with Gasteiger partial charge in [-0.25, -0.2) is 5.57 Å². The summed E-state index contributed by atoms with van der Waals surface area (Å²) < 4.78 is 0.